The van der Waals surface area contributed by atoms with Crippen molar-refractivity contribution in [3.8, 4) is 0 Å². The highest BCUT2D eigenvalue weighted by Gasteiger charge is 2.52. The molecule has 0 bridgehead atoms. The molecule has 1 N–H and O–H groups in total. The van der Waals surface area contributed by atoms with E-state index in [1.807, 2.05) is 24.3 Å². The van der Waals surface area contributed by atoms with Gasteiger partial charge in [-0.15, -0.1) is 0 Å². The largest absolute Gasteiger partial charge is 0.354 e. The summed E-state index contributed by atoms with van der Waals surface area (Å²) in [7, 11) is 0. The van der Waals surface area contributed by atoms with E-state index >= 15 is 0 Å². The van der Waals surface area contributed by atoms with Crippen molar-refractivity contribution in [3.05, 3.63) is 30.1 Å². The number of likely N-dealkylation sites (tertiary alicyclic amines) is 1. The third-order valence-electron chi connectivity index (χ3n) is 6.21. The molecule has 1 aromatic carbocycles. The quantitative estimate of drug-likeness (QED) is 0.761. The van der Waals surface area contributed by atoms with E-state index in [0.717, 1.165) is 47.4 Å². The molecular formula is C22H28N4O3. The van der Waals surface area contributed by atoms with Crippen molar-refractivity contribution >= 4 is 28.8 Å². The number of hydrogen-bond acceptors (Lipinski definition) is 4. The first-order chi connectivity index (χ1) is 13.9. The Morgan fingerprint density at radius 2 is 1.93 bits per heavy atom. The average molecular weight is 396 g/mol. The summed E-state index contributed by atoms with van der Waals surface area (Å²) in [5.41, 5.74) is 1.50. The van der Waals surface area contributed by atoms with Crippen molar-refractivity contribution in [2.24, 2.45) is 5.41 Å². The Hall–Kier alpha value is -2.70. The Balaban J connectivity index is 1.36. The fourth-order valence-corrected chi connectivity index (χ4v) is 4.82. The standard InChI is InChI=1S/C22H28N4O3/c1-15(2)26-17-8-4-3-7-16(17)24-18(26)9-12-23-19(27)14-25-20(28)13-22(21(25)29)10-5-6-11-22/h3-4,7-8,15H,5-6,9-14H2,1-2H3,(H,23,27). The zero-order chi connectivity index (χ0) is 20.6. The summed E-state index contributed by atoms with van der Waals surface area (Å²) in [6, 6.07) is 8.26. The molecule has 29 heavy (non-hydrogen) atoms. The fraction of sp³-hybridized carbons (Fsp3) is 0.545. The number of imide groups is 1. The SMILES string of the molecule is CC(C)n1c(CCNC(=O)CN2C(=O)CC3(CCCC3)C2=O)nc2ccccc21. The van der Waals surface area contributed by atoms with E-state index in [-0.39, 0.29) is 36.7 Å². The van der Waals surface area contributed by atoms with E-state index in [9.17, 15) is 14.4 Å². The number of imidazole rings is 1. The number of carbonyl (C=O) groups excluding carboxylic acids is 3. The maximum Gasteiger partial charge on any atom is 0.240 e. The van der Waals surface area contributed by atoms with Gasteiger partial charge in [-0.2, -0.15) is 0 Å². The predicted octanol–water partition coefficient (Wildman–Crippen LogP) is 2.60. The Morgan fingerprint density at radius 3 is 2.66 bits per heavy atom. The second-order valence-electron chi connectivity index (χ2n) is 8.53. The zero-order valence-corrected chi connectivity index (χ0v) is 17.1. The Kier molecular flexibility index (Phi) is 5.15. The predicted molar refractivity (Wildman–Crippen MR) is 109 cm³/mol. The van der Waals surface area contributed by atoms with Gasteiger partial charge in [0.2, 0.25) is 17.7 Å². The van der Waals surface area contributed by atoms with Crippen LogP contribution in [0.2, 0.25) is 0 Å². The molecule has 0 atom stereocenters. The van der Waals surface area contributed by atoms with Gasteiger partial charge in [0, 0.05) is 25.4 Å². The van der Waals surface area contributed by atoms with E-state index in [1.165, 1.54) is 0 Å². The van der Waals surface area contributed by atoms with Crippen LogP contribution < -0.4 is 5.32 Å². The van der Waals surface area contributed by atoms with Crippen molar-refractivity contribution in [1.82, 2.24) is 19.8 Å². The molecule has 0 unspecified atom stereocenters. The van der Waals surface area contributed by atoms with Crippen LogP contribution in [0.25, 0.3) is 11.0 Å². The number of nitrogens with zero attached hydrogens (tertiary/aromatic N) is 3. The van der Waals surface area contributed by atoms with Crippen molar-refractivity contribution in [2.75, 3.05) is 13.1 Å². The molecule has 7 heteroatoms. The highest BCUT2D eigenvalue weighted by atomic mass is 16.2. The zero-order valence-electron chi connectivity index (χ0n) is 17.1. The highest BCUT2D eigenvalue weighted by Crippen LogP contribution is 2.46. The van der Waals surface area contributed by atoms with E-state index in [4.69, 9.17) is 4.98 Å². The van der Waals surface area contributed by atoms with Gasteiger partial charge in [0.25, 0.3) is 0 Å². The van der Waals surface area contributed by atoms with Crippen LogP contribution in [0.5, 0.6) is 0 Å². The number of benzene rings is 1. The number of fused-ring (bicyclic) bond motifs is 1. The Bertz CT molecular complexity index is 956. The molecular weight excluding hydrogens is 368 g/mol. The monoisotopic (exact) mass is 396 g/mol. The smallest absolute Gasteiger partial charge is 0.240 e. The first-order valence-corrected chi connectivity index (χ1v) is 10.5. The summed E-state index contributed by atoms with van der Waals surface area (Å²) in [5.74, 6) is 0.249. The summed E-state index contributed by atoms with van der Waals surface area (Å²) in [6.45, 7) is 4.45. The van der Waals surface area contributed by atoms with Gasteiger partial charge in [-0.05, 0) is 38.8 Å². The minimum atomic E-state index is -0.528. The molecule has 3 amide bonds. The molecule has 4 rings (SSSR count). The van der Waals surface area contributed by atoms with Crippen LogP contribution in [0.3, 0.4) is 0 Å². The first-order valence-electron chi connectivity index (χ1n) is 10.5. The normalized spacial score (nSPS) is 18.5. The van der Waals surface area contributed by atoms with Crippen LogP contribution in [0.4, 0.5) is 0 Å². The maximum absolute atomic E-state index is 12.7. The molecule has 1 saturated carbocycles. The summed E-state index contributed by atoms with van der Waals surface area (Å²) >= 11 is 0. The maximum atomic E-state index is 12.7. The molecule has 7 nitrogen and oxygen atoms in total. The van der Waals surface area contributed by atoms with Gasteiger partial charge in [-0.1, -0.05) is 25.0 Å². The molecule has 2 aliphatic rings. The number of para-hydroxylation sites is 2. The molecule has 2 fully saturated rings. The van der Waals surface area contributed by atoms with Gasteiger partial charge in [0.1, 0.15) is 12.4 Å². The topological polar surface area (TPSA) is 84.3 Å². The van der Waals surface area contributed by atoms with Crippen LogP contribution in [-0.4, -0.2) is 45.3 Å². The number of rotatable bonds is 6. The van der Waals surface area contributed by atoms with Gasteiger partial charge in [-0.3, -0.25) is 19.3 Å². The number of aromatic nitrogens is 2. The third-order valence-corrected chi connectivity index (χ3v) is 6.21. The van der Waals surface area contributed by atoms with Crippen molar-refractivity contribution < 1.29 is 14.4 Å². The molecule has 1 saturated heterocycles. The summed E-state index contributed by atoms with van der Waals surface area (Å²) in [4.78, 5) is 43.3. The van der Waals surface area contributed by atoms with Crippen LogP contribution in [-0.2, 0) is 20.8 Å². The molecule has 2 heterocycles. The van der Waals surface area contributed by atoms with Crippen molar-refractivity contribution in [1.29, 1.82) is 0 Å². The number of hydrogen-bond donors (Lipinski definition) is 1. The molecule has 1 aliphatic carbocycles. The lowest BCUT2D eigenvalue weighted by Crippen LogP contribution is -2.42. The van der Waals surface area contributed by atoms with Crippen molar-refractivity contribution in [3.63, 3.8) is 0 Å². The minimum absolute atomic E-state index is 0.156. The van der Waals surface area contributed by atoms with Crippen LogP contribution in [0.15, 0.2) is 24.3 Å². The van der Waals surface area contributed by atoms with E-state index in [1.54, 1.807) is 0 Å². The second-order valence-corrected chi connectivity index (χ2v) is 8.53. The van der Waals surface area contributed by atoms with Gasteiger partial charge in [0.05, 0.1) is 16.4 Å². The lowest BCUT2D eigenvalue weighted by Gasteiger charge is -2.20. The molecule has 1 aromatic heterocycles. The summed E-state index contributed by atoms with van der Waals surface area (Å²) in [6.07, 6.45) is 4.34. The van der Waals surface area contributed by atoms with Crippen LogP contribution in [0.1, 0.15) is 57.8 Å². The average Bonchev–Trinajstić information content (AvgIpc) is 3.35. The fourth-order valence-electron chi connectivity index (χ4n) is 4.82. The Morgan fingerprint density at radius 1 is 1.21 bits per heavy atom. The van der Waals surface area contributed by atoms with E-state index < -0.39 is 5.41 Å². The van der Waals surface area contributed by atoms with Crippen LogP contribution in [0, 0.1) is 5.41 Å². The Labute approximate surface area is 170 Å². The minimum Gasteiger partial charge on any atom is -0.354 e. The van der Waals surface area contributed by atoms with Gasteiger partial charge in [0.15, 0.2) is 0 Å². The molecule has 1 aliphatic heterocycles. The van der Waals surface area contributed by atoms with E-state index in [0.29, 0.717) is 13.0 Å². The van der Waals surface area contributed by atoms with Gasteiger partial charge < -0.3 is 9.88 Å². The van der Waals surface area contributed by atoms with E-state index in [2.05, 4.69) is 23.7 Å². The number of carbonyl (C=O) groups is 3. The van der Waals surface area contributed by atoms with Crippen LogP contribution >= 0.6 is 0 Å². The number of nitrogens with one attached hydrogen (secondary N) is 1. The molecule has 0 radical (unpaired) electrons. The number of amides is 3. The molecule has 1 spiro atoms. The first kappa shape index (κ1) is 19.6. The van der Waals surface area contributed by atoms with Gasteiger partial charge >= 0.3 is 0 Å². The second kappa shape index (κ2) is 7.61. The summed E-state index contributed by atoms with van der Waals surface area (Å²) in [5, 5.41) is 2.85. The third kappa shape index (κ3) is 3.54. The van der Waals surface area contributed by atoms with Gasteiger partial charge in [-0.25, -0.2) is 4.98 Å². The summed E-state index contributed by atoms with van der Waals surface area (Å²) < 4.78 is 2.18. The highest BCUT2D eigenvalue weighted by molar-refractivity contribution is 6.08. The lowest BCUT2D eigenvalue weighted by molar-refractivity contribution is -0.144. The molecule has 154 valence electrons. The van der Waals surface area contributed by atoms with Crippen molar-refractivity contribution in [2.45, 2.75) is 58.4 Å². The lowest BCUT2D eigenvalue weighted by atomic mass is 9.84. The molecule has 2 aromatic rings.